The highest BCUT2D eigenvalue weighted by molar-refractivity contribution is 5.43. The maximum absolute atomic E-state index is 4.97. The molecule has 3 heteroatoms. The van der Waals surface area contributed by atoms with Crippen LogP contribution in [0.1, 0.15) is 50.3 Å². The van der Waals surface area contributed by atoms with E-state index in [1.807, 2.05) is 7.05 Å². The van der Waals surface area contributed by atoms with Gasteiger partial charge in [-0.15, -0.1) is 0 Å². The van der Waals surface area contributed by atoms with Crippen molar-refractivity contribution in [2.75, 3.05) is 25.0 Å². The zero-order valence-electron chi connectivity index (χ0n) is 13.6. The van der Waals surface area contributed by atoms with Gasteiger partial charge in [-0.05, 0) is 68.7 Å². The lowest BCUT2D eigenvalue weighted by Crippen LogP contribution is -2.29. The van der Waals surface area contributed by atoms with E-state index in [0.717, 1.165) is 24.8 Å². The third-order valence-electron chi connectivity index (χ3n) is 4.49. The molecule has 2 aliphatic rings. The first kappa shape index (κ1) is 14.8. The second-order valence-corrected chi connectivity index (χ2v) is 6.90. The van der Waals surface area contributed by atoms with Crippen LogP contribution >= 0.6 is 0 Å². The van der Waals surface area contributed by atoms with Crippen molar-refractivity contribution in [3.05, 3.63) is 23.4 Å². The number of nitrogens with one attached hydrogen (secondary N) is 1. The Kier molecular flexibility index (Phi) is 4.79. The molecule has 2 saturated carbocycles. The van der Waals surface area contributed by atoms with Gasteiger partial charge in [0.05, 0.1) is 0 Å². The summed E-state index contributed by atoms with van der Waals surface area (Å²) >= 11 is 0. The lowest BCUT2D eigenvalue weighted by molar-refractivity contribution is 0.667. The Balaban J connectivity index is 1.80. The van der Waals surface area contributed by atoms with E-state index in [1.165, 1.54) is 62.3 Å². The largest absolute Gasteiger partial charge is 0.356 e. The van der Waals surface area contributed by atoms with Crippen LogP contribution in [0.3, 0.4) is 0 Å². The van der Waals surface area contributed by atoms with Crippen molar-refractivity contribution in [2.24, 2.45) is 11.8 Å². The fraction of sp³-hybridized carbons (Fsp3) is 0.722. The van der Waals surface area contributed by atoms with Gasteiger partial charge in [0.25, 0.3) is 0 Å². The van der Waals surface area contributed by atoms with Crippen LogP contribution in [-0.4, -0.2) is 25.1 Å². The molecule has 1 heterocycles. The van der Waals surface area contributed by atoms with E-state index in [4.69, 9.17) is 4.98 Å². The topological polar surface area (TPSA) is 28.2 Å². The molecule has 0 spiro atoms. The van der Waals surface area contributed by atoms with E-state index in [0.29, 0.717) is 0 Å². The standard InChI is InChI=1S/C18H29N3/c1-3-4-17-9-16(11-19-2)10-18(20-17)21(12-14-5-6-14)13-15-7-8-15/h9-10,14-15,19H,3-8,11-13H2,1-2H3. The predicted molar refractivity (Wildman–Crippen MR) is 88.7 cm³/mol. The Hall–Kier alpha value is -1.09. The monoisotopic (exact) mass is 287 g/mol. The number of rotatable bonds is 9. The van der Waals surface area contributed by atoms with Crippen LogP contribution in [0.2, 0.25) is 0 Å². The number of pyridine rings is 1. The predicted octanol–water partition coefficient (Wildman–Crippen LogP) is 3.38. The molecule has 0 atom stereocenters. The summed E-state index contributed by atoms with van der Waals surface area (Å²) in [6.07, 6.45) is 7.92. The average molecular weight is 287 g/mol. The molecule has 3 rings (SSSR count). The number of hydrogen-bond acceptors (Lipinski definition) is 3. The summed E-state index contributed by atoms with van der Waals surface area (Å²) in [7, 11) is 2.02. The molecule has 21 heavy (non-hydrogen) atoms. The molecule has 0 saturated heterocycles. The van der Waals surface area contributed by atoms with Crippen LogP contribution in [0.5, 0.6) is 0 Å². The van der Waals surface area contributed by atoms with E-state index >= 15 is 0 Å². The van der Waals surface area contributed by atoms with Crippen LogP contribution < -0.4 is 10.2 Å². The summed E-state index contributed by atoms with van der Waals surface area (Å²) in [5.41, 5.74) is 2.64. The van der Waals surface area contributed by atoms with E-state index < -0.39 is 0 Å². The Bertz CT molecular complexity index is 425. The third kappa shape index (κ3) is 4.44. The third-order valence-corrected chi connectivity index (χ3v) is 4.49. The van der Waals surface area contributed by atoms with Gasteiger partial charge in [-0.2, -0.15) is 0 Å². The number of aryl methyl sites for hydroxylation is 1. The molecule has 0 radical (unpaired) electrons. The molecule has 0 aliphatic heterocycles. The number of aromatic nitrogens is 1. The van der Waals surface area contributed by atoms with Gasteiger partial charge in [-0.3, -0.25) is 0 Å². The second kappa shape index (κ2) is 6.78. The molecule has 1 aromatic rings. The summed E-state index contributed by atoms with van der Waals surface area (Å²) in [6, 6.07) is 4.58. The molecule has 2 aliphatic carbocycles. The molecule has 1 N–H and O–H groups in total. The van der Waals surface area contributed by atoms with E-state index in [1.54, 1.807) is 0 Å². The Morgan fingerprint density at radius 1 is 1.14 bits per heavy atom. The molecule has 0 aromatic carbocycles. The molecular weight excluding hydrogens is 258 g/mol. The average Bonchev–Trinajstić information content (AvgIpc) is 3.34. The number of anilines is 1. The maximum atomic E-state index is 4.97. The first-order valence-electron chi connectivity index (χ1n) is 8.68. The minimum atomic E-state index is 0.924. The van der Waals surface area contributed by atoms with E-state index in [2.05, 4.69) is 29.3 Å². The minimum absolute atomic E-state index is 0.924. The first-order valence-corrected chi connectivity index (χ1v) is 8.68. The van der Waals surface area contributed by atoms with Crippen molar-refractivity contribution in [1.82, 2.24) is 10.3 Å². The Labute approximate surface area is 129 Å². The molecule has 0 amide bonds. The lowest BCUT2D eigenvalue weighted by atomic mass is 10.1. The van der Waals surface area contributed by atoms with Crippen LogP contribution in [0.4, 0.5) is 5.82 Å². The summed E-state index contributed by atoms with van der Waals surface area (Å²) in [4.78, 5) is 7.54. The van der Waals surface area contributed by atoms with Gasteiger partial charge >= 0.3 is 0 Å². The van der Waals surface area contributed by atoms with E-state index in [-0.39, 0.29) is 0 Å². The summed E-state index contributed by atoms with van der Waals surface area (Å²) in [5.74, 6) is 3.08. The fourth-order valence-corrected chi connectivity index (χ4v) is 2.97. The maximum Gasteiger partial charge on any atom is 0.129 e. The van der Waals surface area contributed by atoms with Gasteiger partial charge in [-0.25, -0.2) is 4.98 Å². The van der Waals surface area contributed by atoms with Crippen molar-refractivity contribution in [3.8, 4) is 0 Å². The van der Waals surface area contributed by atoms with Gasteiger partial charge in [0, 0.05) is 25.3 Å². The molecule has 0 bridgehead atoms. The highest BCUT2D eigenvalue weighted by atomic mass is 15.2. The Morgan fingerprint density at radius 2 is 1.81 bits per heavy atom. The van der Waals surface area contributed by atoms with Gasteiger partial charge in [-0.1, -0.05) is 13.3 Å². The minimum Gasteiger partial charge on any atom is -0.356 e. The van der Waals surface area contributed by atoms with Crippen molar-refractivity contribution < 1.29 is 0 Å². The van der Waals surface area contributed by atoms with Crippen LogP contribution in [0, 0.1) is 11.8 Å². The van der Waals surface area contributed by atoms with Gasteiger partial charge in [0.1, 0.15) is 5.82 Å². The molecular formula is C18H29N3. The number of hydrogen-bond donors (Lipinski definition) is 1. The van der Waals surface area contributed by atoms with Crippen LogP contribution in [0.25, 0.3) is 0 Å². The van der Waals surface area contributed by atoms with Gasteiger partial charge < -0.3 is 10.2 Å². The summed E-state index contributed by atoms with van der Waals surface area (Å²) in [6.45, 7) is 5.61. The summed E-state index contributed by atoms with van der Waals surface area (Å²) in [5, 5.41) is 3.28. The highest BCUT2D eigenvalue weighted by Gasteiger charge is 2.30. The van der Waals surface area contributed by atoms with Crippen LogP contribution in [0.15, 0.2) is 12.1 Å². The molecule has 116 valence electrons. The highest BCUT2D eigenvalue weighted by Crippen LogP contribution is 2.35. The fourth-order valence-electron chi connectivity index (χ4n) is 2.97. The zero-order valence-corrected chi connectivity index (χ0v) is 13.6. The molecule has 2 fully saturated rings. The van der Waals surface area contributed by atoms with Crippen molar-refractivity contribution in [1.29, 1.82) is 0 Å². The van der Waals surface area contributed by atoms with E-state index in [9.17, 15) is 0 Å². The smallest absolute Gasteiger partial charge is 0.129 e. The molecule has 3 nitrogen and oxygen atoms in total. The van der Waals surface area contributed by atoms with Gasteiger partial charge in [0.2, 0.25) is 0 Å². The zero-order chi connectivity index (χ0) is 14.7. The Morgan fingerprint density at radius 3 is 2.33 bits per heavy atom. The quantitative estimate of drug-likeness (QED) is 0.754. The normalized spacial score (nSPS) is 18.0. The second-order valence-electron chi connectivity index (χ2n) is 6.90. The number of nitrogens with zero attached hydrogens (tertiary/aromatic N) is 2. The van der Waals surface area contributed by atoms with Crippen molar-refractivity contribution >= 4 is 5.82 Å². The van der Waals surface area contributed by atoms with Crippen molar-refractivity contribution in [3.63, 3.8) is 0 Å². The SMILES string of the molecule is CCCc1cc(CNC)cc(N(CC2CC2)CC2CC2)n1. The summed E-state index contributed by atoms with van der Waals surface area (Å²) < 4.78 is 0. The lowest BCUT2D eigenvalue weighted by Gasteiger charge is -2.25. The first-order chi connectivity index (χ1) is 10.3. The van der Waals surface area contributed by atoms with Crippen LogP contribution in [-0.2, 0) is 13.0 Å². The van der Waals surface area contributed by atoms with Gasteiger partial charge in [0.15, 0.2) is 0 Å². The molecule has 0 unspecified atom stereocenters. The van der Waals surface area contributed by atoms with Crippen molar-refractivity contribution in [2.45, 2.75) is 52.0 Å². The molecule has 1 aromatic heterocycles.